The van der Waals surface area contributed by atoms with Crippen LogP contribution in [0.25, 0.3) is 0 Å². The third-order valence-corrected chi connectivity index (χ3v) is 3.63. The Labute approximate surface area is 149 Å². The highest BCUT2D eigenvalue weighted by Gasteiger charge is 2.29. The van der Waals surface area contributed by atoms with Crippen LogP contribution < -0.4 is 10.6 Å². The molecule has 0 radical (unpaired) electrons. The quantitative estimate of drug-likeness (QED) is 0.518. The third kappa shape index (κ3) is 6.11. The van der Waals surface area contributed by atoms with Gasteiger partial charge in [-0.1, -0.05) is 12.1 Å². The lowest BCUT2D eigenvalue weighted by molar-refractivity contribution is -0.137. The van der Waals surface area contributed by atoms with Crippen LogP contribution in [-0.4, -0.2) is 30.7 Å². The maximum absolute atomic E-state index is 12.6. The first kappa shape index (κ1) is 19.8. The molecule has 26 heavy (non-hydrogen) atoms. The standard InChI is InChI=1S/C18H22F3N3O2/c1-2-22-17(24-12-15(25)16-4-3-11-26-16)23-10-9-13-5-7-14(8-6-13)18(19,20)21/h3-8,11,15,25H,2,9-10,12H2,1H3,(H2,22,23,24). The first-order valence-corrected chi connectivity index (χ1v) is 8.30. The molecule has 2 rings (SSSR count). The van der Waals surface area contributed by atoms with Crippen molar-refractivity contribution in [3.05, 3.63) is 59.5 Å². The van der Waals surface area contributed by atoms with Gasteiger partial charge in [0.2, 0.25) is 0 Å². The molecule has 0 saturated carbocycles. The van der Waals surface area contributed by atoms with E-state index in [1.807, 2.05) is 6.92 Å². The number of nitrogens with zero attached hydrogens (tertiary/aromatic N) is 1. The van der Waals surface area contributed by atoms with Crippen LogP contribution >= 0.6 is 0 Å². The molecule has 3 N–H and O–H groups in total. The first-order valence-electron chi connectivity index (χ1n) is 8.30. The number of hydrogen-bond donors (Lipinski definition) is 3. The zero-order chi connectivity index (χ0) is 19.0. The average Bonchev–Trinajstić information content (AvgIpc) is 3.14. The number of rotatable bonds is 7. The van der Waals surface area contributed by atoms with Crippen LogP contribution in [0.3, 0.4) is 0 Å². The van der Waals surface area contributed by atoms with E-state index >= 15 is 0 Å². The predicted molar refractivity (Wildman–Crippen MR) is 92.8 cm³/mol. The van der Waals surface area contributed by atoms with E-state index in [-0.39, 0.29) is 6.54 Å². The normalized spacial score (nSPS) is 13.5. The van der Waals surface area contributed by atoms with Crippen LogP contribution in [0.5, 0.6) is 0 Å². The molecule has 1 atom stereocenters. The molecule has 1 heterocycles. The molecule has 0 bridgehead atoms. The Morgan fingerprint density at radius 3 is 2.50 bits per heavy atom. The maximum Gasteiger partial charge on any atom is 0.416 e. The van der Waals surface area contributed by atoms with Gasteiger partial charge in [0, 0.05) is 13.1 Å². The molecule has 142 valence electrons. The molecule has 5 nitrogen and oxygen atoms in total. The Hall–Kier alpha value is -2.48. The van der Waals surface area contributed by atoms with Crippen molar-refractivity contribution >= 4 is 5.96 Å². The largest absolute Gasteiger partial charge is 0.467 e. The summed E-state index contributed by atoms with van der Waals surface area (Å²) in [7, 11) is 0. The number of furan rings is 1. The number of aliphatic hydroxyl groups is 1. The molecule has 0 aliphatic heterocycles. The zero-order valence-electron chi connectivity index (χ0n) is 14.4. The Morgan fingerprint density at radius 1 is 1.19 bits per heavy atom. The van der Waals surface area contributed by atoms with Crippen LogP contribution in [0.15, 0.2) is 52.1 Å². The van der Waals surface area contributed by atoms with Gasteiger partial charge in [-0.25, -0.2) is 0 Å². The second-order valence-corrected chi connectivity index (χ2v) is 5.62. The van der Waals surface area contributed by atoms with E-state index in [4.69, 9.17) is 4.42 Å². The van der Waals surface area contributed by atoms with Crippen LogP contribution in [0.4, 0.5) is 13.2 Å². The molecular weight excluding hydrogens is 347 g/mol. The maximum atomic E-state index is 12.6. The summed E-state index contributed by atoms with van der Waals surface area (Å²) in [6, 6.07) is 8.45. The number of alkyl halides is 3. The van der Waals surface area contributed by atoms with Gasteiger partial charge in [0.25, 0.3) is 0 Å². The molecule has 2 aromatic rings. The van der Waals surface area contributed by atoms with Gasteiger partial charge in [-0.15, -0.1) is 0 Å². The number of aliphatic imine (C=N–C) groups is 1. The fourth-order valence-corrected chi connectivity index (χ4v) is 2.28. The SMILES string of the molecule is CCNC(=NCC(O)c1ccco1)NCCc1ccc(C(F)(F)F)cc1. The van der Waals surface area contributed by atoms with Gasteiger partial charge in [0.15, 0.2) is 5.96 Å². The average molecular weight is 369 g/mol. The van der Waals surface area contributed by atoms with Crippen LogP contribution in [0.1, 0.15) is 29.9 Å². The molecule has 0 amide bonds. The van der Waals surface area contributed by atoms with Crippen molar-refractivity contribution in [2.24, 2.45) is 4.99 Å². The van der Waals surface area contributed by atoms with Crippen molar-refractivity contribution in [2.45, 2.75) is 25.6 Å². The summed E-state index contributed by atoms with van der Waals surface area (Å²) >= 11 is 0. The second-order valence-electron chi connectivity index (χ2n) is 5.62. The number of aliphatic hydroxyl groups excluding tert-OH is 1. The zero-order valence-corrected chi connectivity index (χ0v) is 14.4. The monoisotopic (exact) mass is 369 g/mol. The minimum Gasteiger partial charge on any atom is -0.467 e. The van der Waals surface area contributed by atoms with Gasteiger partial charge in [0.1, 0.15) is 11.9 Å². The lowest BCUT2D eigenvalue weighted by Crippen LogP contribution is -2.38. The van der Waals surface area contributed by atoms with Crippen LogP contribution in [0.2, 0.25) is 0 Å². The summed E-state index contributed by atoms with van der Waals surface area (Å²) in [5.74, 6) is 0.958. The Balaban J connectivity index is 1.85. The second kappa shape index (κ2) is 9.28. The molecule has 0 saturated heterocycles. The van der Waals surface area contributed by atoms with E-state index in [0.29, 0.717) is 31.2 Å². The third-order valence-electron chi connectivity index (χ3n) is 3.63. The Kier molecular flexibility index (Phi) is 7.08. The predicted octanol–water partition coefficient (Wildman–Crippen LogP) is 3.13. The first-order chi connectivity index (χ1) is 12.4. The Morgan fingerprint density at radius 2 is 1.92 bits per heavy atom. The molecule has 1 aromatic heterocycles. The number of guanidine groups is 1. The van der Waals surface area contributed by atoms with Crippen molar-refractivity contribution in [1.29, 1.82) is 0 Å². The van der Waals surface area contributed by atoms with Gasteiger partial charge in [-0.2, -0.15) is 13.2 Å². The minimum atomic E-state index is -4.32. The van der Waals surface area contributed by atoms with Crippen molar-refractivity contribution in [3.63, 3.8) is 0 Å². The molecule has 0 spiro atoms. The summed E-state index contributed by atoms with van der Waals surface area (Å²) < 4.78 is 42.8. The molecule has 1 unspecified atom stereocenters. The summed E-state index contributed by atoms with van der Waals surface area (Å²) in [6.07, 6.45) is -3.13. The lowest BCUT2D eigenvalue weighted by atomic mass is 10.1. The number of benzene rings is 1. The van der Waals surface area contributed by atoms with E-state index < -0.39 is 17.8 Å². The molecule has 8 heteroatoms. The van der Waals surface area contributed by atoms with E-state index in [9.17, 15) is 18.3 Å². The summed E-state index contributed by atoms with van der Waals surface area (Å²) in [5.41, 5.74) is 0.132. The summed E-state index contributed by atoms with van der Waals surface area (Å²) in [5, 5.41) is 16.1. The molecule has 1 aromatic carbocycles. The van der Waals surface area contributed by atoms with Gasteiger partial charge in [-0.3, -0.25) is 4.99 Å². The number of hydrogen-bond acceptors (Lipinski definition) is 3. The van der Waals surface area contributed by atoms with E-state index in [2.05, 4.69) is 15.6 Å². The lowest BCUT2D eigenvalue weighted by Gasteiger charge is -2.13. The highest BCUT2D eigenvalue weighted by atomic mass is 19.4. The highest BCUT2D eigenvalue weighted by molar-refractivity contribution is 5.79. The molecular formula is C18H22F3N3O2. The van der Waals surface area contributed by atoms with Gasteiger partial charge < -0.3 is 20.2 Å². The van der Waals surface area contributed by atoms with Crippen molar-refractivity contribution in [3.8, 4) is 0 Å². The van der Waals surface area contributed by atoms with E-state index in [1.54, 1.807) is 12.1 Å². The minimum absolute atomic E-state index is 0.128. The Bertz CT molecular complexity index is 683. The van der Waals surface area contributed by atoms with E-state index in [0.717, 1.165) is 17.7 Å². The van der Waals surface area contributed by atoms with Crippen LogP contribution in [-0.2, 0) is 12.6 Å². The van der Waals surface area contributed by atoms with E-state index in [1.165, 1.54) is 18.4 Å². The highest BCUT2D eigenvalue weighted by Crippen LogP contribution is 2.29. The fourth-order valence-electron chi connectivity index (χ4n) is 2.28. The molecule has 0 fully saturated rings. The molecule has 0 aliphatic rings. The smallest absolute Gasteiger partial charge is 0.416 e. The van der Waals surface area contributed by atoms with Crippen molar-refractivity contribution in [2.75, 3.05) is 19.6 Å². The fraction of sp³-hybridized carbons (Fsp3) is 0.389. The van der Waals surface area contributed by atoms with Crippen molar-refractivity contribution < 1.29 is 22.7 Å². The number of halogens is 3. The summed E-state index contributed by atoms with van der Waals surface area (Å²) in [6.45, 7) is 3.18. The number of nitrogens with one attached hydrogen (secondary N) is 2. The van der Waals surface area contributed by atoms with Crippen LogP contribution in [0, 0.1) is 0 Å². The topological polar surface area (TPSA) is 69.8 Å². The molecule has 0 aliphatic carbocycles. The summed E-state index contributed by atoms with van der Waals surface area (Å²) in [4.78, 5) is 4.28. The van der Waals surface area contributed by atoms with Gasteiger partial charge in [-0.05, 0) is 43.2 Å². The van der Waals surface area contributed by atoms with Gasteiger partial charge >= 0.3 is 6.18 Å². The van der Waals surface area contributed by atoms with Crippen molar-refractivity contribution in [1.82, 2.24) is 10.6 Å². The van der Waals surface area contributed by atoms with Gasteiger partial charge in [0.05, 0.1) is 18.4 Å².